The minimum atomic E-state index is -3.82. The highest BCUT2D eigenvalue weighted by atomic mass is 79.9. The predicted octanol–water partition coefficient (Wildman–Crippen LogP) is 1.26. The number of pyridine rings is 1. The maximum atomic E-state index is 11.2. The molecule has 7 nitrogen and oxygen atoms in total. The summed E-state index contributed by atoms with van der Waals surface area (Å²) in [5, 5.41) is 8.95. The van der Waals surface area contributed by atoms with Crippen molar-refractivity contribution >= 4 is 42.3 Å². The van der Waals surface area contributed by atoms with Gasteiger partial charge in [0.25, 0.3) is 10.0 Å². The number of nitrogens with zero attached hydrogens (tertiary/aromatic N) is 4. The van der Waals surface area contributed by atoms with Crippen LogP contribution in [0.2, 0.25) is 0 Å². The van der Waals surface area contributed by atoms with Gasteiger partial charge in [-0.25, -0.2) is 18.5 Å². The SMILES string of the molecule is NS(=O)(=O)c1nn2c(Br)c(-c3ccccn3)nc2s1. The van der Waals surface area contributed by atoms with Gasteiger partial charge >= 0.3 is 0 Å². The third-order valence-electron chi connectivity index (χ3n) is 2.28. The van der Waals surface area contributed by atoms with Crippen molar-refractivity contribution < 1.29 is 8.42 Å². The van der Waals surface area contributed by atoms with E-state index in [4.69, 9.17) is 5.14 Å². The van der Waals surface area contributed by atoms with E-state index >= 15 is 0 Å². The average Bonchev–Trinajstić information content (AvgIpc) is 2.90. The Kier molecular flexibility index (Phi) is 2.89. The molecule has 19 heavy (non-hydrogen) atoms. The van der Waals surface area contributed by atoms with Gasteiger partial charge < -0.3 is 0 Å². The smallest absolute Gasteiger partial charge is 0.255 e. The highest BCUT2D eigenvalue weighted by Crippen LogP contribution is 2.30. The maximum absolute atomic E-state index is 11.2. The number of imidazole rings is 1. The molecule has 0 unspecified atom stereocenters. The van der Waals surface area contributed by atoms with Crippen LogP contribution in [0.5, 0.6) is 0 Å². The minimum Gasteiger partial charge on any atom is -0.255 e. The topological polar surface area (TPSA) is 103 Å². The Morgan fingerprint density at radius 3 is 2.74 bits per heavy atom. The highest BCUT2D eigenvalue weighted by Gasteiger charge is 2.21. The van der Waals surface area contributed by atoms with Crippen LogP contribution >= 0.6 is 27.3 Å². The lowest BCUT2D eigenvalue weighted by Crippen LogP contribution is -2.12. The van der Waals surface area contributed by atoms with E-state index in [0.29, 0.717) is 21.0 Å². The summed E-state index contributed by atoms with van der Waals surface area (Å²) in [4.78, 5) is 8.92. The van der Waals surface area contributed by atoms with E-state index in [2.05, 4.69) is 31.0 Å². The summed E-state index contributed by atoms with van der Waals surface area (Å²) in [6, 6.07) is 5.44. The summed E-state index contributed by atoms with van der Waals surface area (Å²) in [6.45, 7) is 0. The second-order valence-electron chi connectivity index (χ2n) is 3.57. The van der Waals surface area contributed by atoms with Crippen LogP contribution in [-0.4, -0.2) is 28.0 Å². The Hall–Kier alpha value is -1.36. The molecular weight excluding hydrogens is 354 g/mol. The first kappa shape index (κ1) is 12.7. The molecule has 0 bridgehead atoms. The molecule has 98 valence electrons. The molecule has 0 spiro atoms. The fourth-order valence-corrected chi connectivity index (χ4v) is 3.66. The molecule has 0 aromatic carbocycles. The second kappa shape index (κ2) is 4.34. The van der Waals surface area contributed by atoms with Crippen molar-refractivity contribution in [3.8, 4) is 11.4 Å². The van der Waals surface area contributed by atoms with Crippen molar-refractivity contribution in [2.24, 2.45) is 5.14 Å². The van der Waals surface area contributed by atoms with Crippen LogP contribution < -0.4 is 5.14 Å². The lowest BCUT2D eigenvalue weighted by molar-refractivity contribution is 0.595. The molecule has 3 rings (SSSR count). The van der Waals surface area contributed by atoms with Gasteiger partial charge in [-0.1, -0.05) is 17.4 Å². The summed E-state index contributed by atoms with van der Waals surface area (Å²) in [5.41, 5.74) is 1.27. The van der Waals surface area contributed by atoms with Crippen LogP contribution in [-0.2, 0) is 10.0 Å². The first-order valence-electron chi connectivity index (χ1n) is 4.96. The van der Waals surface area contributed by atoms with Gasteiger partial charge in [0.1, 0.15) is 10.3 Å². The van der Waals surface area contributed by atoms with E-state index in [0.717, 1.165) is 11.3 Å². The van der Waals surface area contributed by atoms with Gasteiger partial charge in [0.05, 0.1) is 5.69 Å². The largest absolute Gasteiger partial charge is 0.267 e. The molecule has 0 aliphatic carbocycles. The zero-order valence-electron chi connectivity index (χ0n) is 9.19. The number of rotatable bonds is 2. The summed E-state index contributed by atoms with van der Waals surface area (Å²) < 4.78 is 24.2. The summed E-state index contributed by atoms with van der Waals surface area (Å²) in [5.74, 6) is 0. The Morgan fingerprint density at radius 1 is 1.37 bits per heavy atom. The number of sulfonamides is 1. The average molecular weight is 360 g/mol. The zero-order chi connectivity index (χ0) is 13.6. The van der Waals surface area contributed by atoms with E-state index in [1.807, 2.05) is 6.07 Å². The van der Waals surface area contributed by atoms with Crippen molar-refractivity contribution in [2.45, 2.75) is 4.34 Å². The molecule has 0 fully saturated rings. The van der Waals surface area contributed by atoms with Gasteiger partial charge in [-0.05, 0) is 28.1 Å². The first-order chi connectivity index (χ1) is 8.97. The van der Waals surface area contributed by atoms with Crippen LogP contribution in [0, 0.1) is 0 Å². The van der Waals surface area contributed by atoms with Crippen LogP contribution in [0.3, 0.4) is 0 Å². The van der Waals surface area contributed by atoms with Gasteiger partial charge in [-0.15, -0.1) is 5.10 Å². The van der Waals surface area contributed by atoms with Gasteiger partial charge in [0, 0.05) is 6.20 Å². The van der Waals surface area contributed by atoms with Crippen molar-refractivity contribution in [1.29, 1.82) is 0 Å². The molecule has 0 aliphatic heterocycles. The first-order valence-corrected chi connectivity index (χ1v) is 8.11. The quantitative estimate of drug-likeness (QED) is 0.741. The third-order valence-corrected chi connectivity index (χ3v) is 5.21. The molecule has 2 N–H and O–H groups in total. The Morgan fingerprint density at radius 2 is 2.16 bits per heavy atom. The van der Waals surface area contributed by atoms with Crippen molar-refractivity contribution in [3.63, 3.8) is 0 Å². The summed E-state index contributed by atoms with van der Waals surface area (Å²) in [6.07, 6.45) is 1.65. The number of nitrogens with two attached hydrogens (primary N) is 1. The van der Waals surface area contributed by atoms with Gasteiger partial charge in [-0.3, -0.25) is 4.98 Å². The number of fused-ring (bicyclic) bond motifs is 1. The molecule has 0 aliphatic rings. The number of hydrogen-bond acceptors (Lipinski definition) is 6. The molecule has 10 heteroatoms. The van der Waals surface area contributed by atoms with E-state index in [-0.39, 0.29) is 4.34 Å². The lowest BCUT2D eigenvalue weighted by Gasteiger charge is -1.95. The molecule has 3 aromatic heterocycles. The zero-order valence-corrected chi connectivity index (χ0v) is 12.4. The molecule has 3 heterocycles. The number of primary sulfonamides is 1. The number of aromatic nitrogens is 4. The number of hydrogen-bond donors (Lipinski definition) is 1. The third kappa shape index (κ3) is 2.16. The summed E-state index contributed by atoms with van der Waals surface area (Å²) >= 11 is 4.24. The molecular formula is C9H6BrN5O2S2. The molecule has 0 saturated heterocycles. The maximum Gasteiger partial charge on any atom is 0.267 e. The van der Waals surface area contributed by atoms with Crippen molar-refractivity contribution in [2.75, 3.05) is 0 Å². The van der Waals surface area contributed by atoms with E-state index in [1.165, 1.54) is 4.52 Å². The van der Waals surface area contributed by atoms with E-state index < -0.39 is 10.0 Å². The van der Waals surface area contributed by atoms with E-state index in [1.54, 1.807) is 18.3 Å². The van der Waals surface area contributed by atoms with Crippen LogP contribution in [0.25, 0.3) is 16.3 Å². The van der Waals surface area contributed by atoms with Crippen LogP contribution in [0.4, 0.5) is 0 Å². The predicted molar refractivity (Wildman–Crippen MR) is 73.2 cm³/mol. The highest BCUT2D eigenvalue weighted by molar-refractivity contribution is 9.10. The van der Waals surface area contributed by atoms with Crippen LogP contribution in [0.1, 0.15) is 0 Å². The minimum absolute atomic E-state index is 0.178. The Bertz CT molecular complexity index is 856. The molecule has 0 saturated carbocycles. The van der Waals surface area contributed by atoms with Gasteiger partial charge in [0.15, 0.2) is 0 Å². The van der Waals surface area contributed by atoms with E-state index in [9.17, 15) is 8.42 Å². The molecule has 0 amide bonds. The normalized spacial score (nSPS) is 12.1. The molecule has 0 atom stereocenters. The standard InChI is InChI=1S/C9H6BrN5O2S2/c10-7-6(5-3-1-2-4-12-5)13-8-15(7)14-9(18-8)19(11,16)17/h1-4H,(H2,11,16,17). The van der Waals surface area contributed by atoms with Gasteiger partial charge in [0.2, 0.25) is 9.30 Å². The monoisotopic (exact) mass is 359 g/mol. The van der Waals surface area contributed by atoms with Crippen molar-refractivity contribution in [3.05, 3.63) is 29.0 Å². The Labute approximate surface area is 120 Å². The number of halogens is 1. The molecule has 0 radical (unpaired) electrons. The van der Waals surface area contributed by atoms with Gasteiger partial charge in [-0.2, -0.15) is 4.52 Å². The lowest BCUT2D eigenvalue weighted by atomic mass is 10.3. The summed E-state index contributed by atoms with van der Waals surface area (Å²) in [7, 11) is -3.82. The fourth-order valence-electron chi connectivity index (χ4n) is 1.49. The fraction of sp³-hybridized carbons (Fsp3) is 0. The Balaban J connectivity index is 2.21. The van der Waals surface area contributed by atoms with Crippen LogP contribution in [0.15, 0.2) is 33.3 Å². The van der Waals surface area contributed by atoms with Crippen molar-refractivity contribution in [1.82, 2.24) is 19.6 Å². The second-order valence-corrected chi connectivity index (χ2v) is 7.02. The molecule has 3 aromatic rings.